The molecule has 0 bridgehead atoms. The summed E-state index contributed by atoms with van der Waals surface area (Å²) in [5, 5.41) is 13.2. The van der Waals surface area contributed by atoms with Crippen molar-refractivity contribution >= 4 is 0 Å². The second kappa shape index (κ2) is 8.25. The Labute approximate surface area is 110 Å². The lowest BCUT2D eigenvalue weighted by molar-refractivity contribution is 0.00538. The van der Waals surface area contributed by atoms with Gasteiger partial charge in [0.25, 0.3) is 0 Å². The van der Waals surface area contributed by atoms with E-state index in [-0.39, 0.29) is 6.10 Å². The molecular formula is C15H25NO2. The molecule has 0 aliphatic heterocycles. The topological polar surface area (TPSA) is 41.5 Å². The van der Waals surface area contributed by atoms with Gasteiger partial charge in [0.05, 0.1) is 18.8 Å². The molecule has 3 nitrogen and oxygen atoms in total. The van der Waals surface area contributed by atoms with E-state index >= 15 is 0 Å². The van der Waals surface area contributed by atoms with Crippen molar-refractivity contribution in [3.8, 4) is 0 Å². The molecule has 0 spiro atoms. The highest BCUT2D eigenvalue weighted by atomic mass is 16.5. The van der Waals surface area contributed by atoms with Crippen molar-refractivity contribution in [1.82, 2.24) is 5.32 Å². The van der Waals surface area contributed by atoms with Crippen LogP contribution in [0.3, 0.4) is 0 Å². The van der Waals surface area contributed by atoms with E-state index in [1.54, 1.807) is 0 Å². The van der Waals surface area contributed by atoms with Crippen LogP contribution in [0.2, 0.25) is 0 Å². The average Bonchev–Trinajstić information content (AvgIpc) is 2.38. The summed E-state index contributed by atoms with van der Waals surface area (Å²) in [4.78, 5) is 0. The Balaban J connectivity index is 2.36. The molecule has 0 radical (unpaired) electrons. The minimum atomic E-state index is -0.454. The molecule has 18 heavy (non-hydrogen) atoms. The minimum Gasteiger partial charge on any atom is -0.389 e. The number of rotatable bonds is 8. The monoisotopic (exact) mass is 251 g/mol. The van der Waals surface area contributed by atoms with Crippen molar-refractivity contribution in [2.75, 3.05) is 13.2 Å². The Morgan fingerprint density at radius 2 is 1.89 bits per heavy atom. The molecule has 0 aliphatic carbocycles. The van der Waals surface area contributed by atoms with Crippen molar-refractivity contribution in [2.45, 2.75) is 45.4 Å². The molecule has 2 N–H and O–H groups in total. The Kier molecular flexibility index (Phi) is 6.94. The highest BCUT2D eigenvalue weighted by molar-refractivity contribution is 5.18. The molecule has 2 atom stereocenters. The summed E-state index contributed by atoms with van der Waals surface area (Å²) in [7, 11) is 0. The highest BCUT2D eigenvalue weighted by Crippen LogP contribution is 2.15. The van der Waals surface area contributed by atoms with Gasteiger partial charge in [0.15, 0.2) is 0 Å². The van der Waals surface area contributed by atoms with Crippen LogP contribution in [0.25, 0.3) is 0 Å². The zero-order valence-corrected chi connectivity index (χ0v) is 11.6. The first-order chi connectivity index (χ1) is 8.63. The maximum Gasteiger partial charge on any atom is 0.0898 e. The van der Waals surface area contributed by atoms with Gasteiger partial charge in [-0.2, -0.15) is 0 Å². The van der Waals surface area contributed by atoms with Crippen molar-refractivity contribution < 1.29 is 9.84 Å². The fourth-order valence-electron chi connectivity index (χ4n) is 1.82. The molecule has 102 valence electrons. The van der Waals surface area contributed by atoms with Gasteiger partial charge in [-0.05, 0) is 25.8 Å². The lowest BCUT2D eigenvalue weighted by Crippen LogP contribution is -2.33. The summed E-state index contributed by atoms with van der Waals surface area (Å²) in [6.07, 6.45) is 0.711. The molecule has 0 amide bonds. The summed E-state index contributed by atoms with van der Waals surface area (Å²) in [6, 6.07) is 10.6. The molecule has 0 aliphatic rings. The zero-order chi connectivity index (χ0) is 13.4. The standard InChI is InChI=1S/C15H25NO2/c1-4-15(13-8-6-5-7-9-13)16-10-14(17)11-18-12(2)3/h5-9,12,14-17H,4,10-11H2,1-3H3. The van der Waals surface area contributed by atoms with Crippen molar-refractivity contribution in [3.63, 3.8) is 0 Å². The predicted molar refractivity (Wildman–Crippen MR) is 74.6 cm³/mol. The molecular weight excluding hydrogens is 226 g/mol. The van der Waals surface area contributed by atoms with E-state index in [1.807, 2.05) is 32.0 Å². The number of aliphatic hydroxyl groups is 1. The first-order valence-corrected chi connectivity index (χ1v) is 6.71. The summed E-state index contributed by atoms with van der Waals surface area (Å²) in [5.41, 5.74) is 1.26. The van der Waals surface area contributed by atoms with Crippen LogP contribution in [-0.4, -0.2) is 30.5 Å². The number of aliphatic hydroxyl groups excluding tert-OH is 1. The van der Waals surface area contributed by atoms with Crippen molar-refractivity contribution in [1.29, 1.82) is 0 Å². The van der Waals surface area contributed by atoms with Crippen LogP contribution in [0.15, 0.2) is 30.3 Å². The van der Waals surface area contributed by atoms with Crippen LogP contribution < -0.4 is 5.32 Å². The van der Waals surface area contributed by atoms with Gasteiger partial charge >= 0.3 is 0 Å². The highest BCUT2D eigenvalue weighted by Gasteiger charge is 2.11. The number of ether oxygens (including phenoxy) is 1. The second-order valence-electron chi connectivity index (χ2n) is 4.82. The predicted octanol–water partition coefficient (Wildman–Crippen LogP) is 2.51. The first-order valence-electron chi connectivity index (χ1n) is 6.71. The van der Waals surface area contributed by atoms with Crippen LogP contribution in [0.5, 0.6) is 0 Å². The molecule has 0 saturated carbocycles. The lowest BCUT2D eigenvalue weighted by atomic mass is 10.0. The molecule has 0 heterocycles. The van der Waals surface area contributed by atoms with Gasteiger partial charge in [0.2, 0.25) is 0 Å². The summed E-state index contributed by atoms with van der Waals surface area (Å²) >= 11 is 0. The van der Waals surface area contributed by atoms with Gasteiger partial charge in [-0.3, -0.25) is 0 Å². The quantitative estimate of drug-likeness (QED) is 0.746. The summed E-state index contributed by atoms with van der Waals surface area (Å²) in [5.74, 6) is 0. The molecule has 1 rings (SSSR count). The van der Waals surface area contributed by atoms with Crippen LogP contribution in [0, 0.1) is 0 Å². The van der Waals surface area contributed by atoms with Gasteiger partial charge in [0, 0.05) is 12.6 Å². The molecule has 0 fully saturated rings. The smallest absolute Gasteiger partial charge is 0.0898 e. The van der Waals surface area contributed by atoms with Crippen LogP contribution >= 0.6 is 0 Å². The van der Waals surface area contributed by atoms with E-state index in [2.05, 4.69) is 24.4 Å². The van der Waals surface area contributed by atoms with E-state index in [1.165, 1.54) is 5.56 Å². The van der Waals surface area contributed by atoms with E-state index in [0.29, 0.717) is 19.2 Å². The van der Waals surface area contributed by atoms with Crippen molar-refractivity contribution in [2.24, 2.45) is 0 Å². The van der Waals surface area contributed by atoms with E-state index < -0.39 is 6.10 Å². The third-order valence-electron chi connectivity index (χ3n) is 2.83. The normalized spacial score (nSPS) is 14.7. The van der Waals surface area contributed by atoms with E-state index in [9.17, 15) is 5.11 Å². The van der Waals surface area contributed by atoms with Crippen LogP contribution in [0.4, 0.5) is 0 Å². The number of hydrogen-bond donors (Lipinski definition) is 2. The van der Waals surface area contributed by atoms with E-state index in [0.717, 1.165) is 6.42 Å². The van der Waals surface area contributed by atoms with Crippen LogP contribution in [-0.2, 0) is 4.74 Å². The van der Waals surface area contributed by atoms with Gasteiger partial charge in [-0.15, -0.1) is 0 Å². The number of benzene rings is 1. The van der Waals surface area contributed by atoms with Gasteiger partial charge in [-0.25, -0.2) is 0 Å². The molecule has 1 aromatic rings. The number of nitrogens with one attached hydrogen (secondary N) is 1. The van der Waals surface area contributed by atoms with Gasteiger partial charge < -0.3 is 15.2 Å². The molecule has 1 aromatic carbocycles. The second-order valence-corrected chi connectivity index (χ2v) is 4.82. The maximum atomic E-state index is 9.80. The Morgan fingerprint density at radius 1 is 1.22 bits per heavy atom. The Hall–Kier alpha value is -0.900. The molecule has 3 heteroatoms. The van der Waals surface area contributed by atoms with Gasteiger partial charge in [0.1, 0.15) is 0 Å². The average molecular weight is 251 g/mol. The third-order valence-corrected chi connectivity index (χ3v) is 2.83. The molecule has 2 unspecified atom stereocenters. The fraction of sp³-hybridized carbons (Fsp3) is 0.600. The third kappa shape index (κ3) is 5.63. The SMILES string of the molecule is CCC(NCC(O)COC(C)C)c1ccccc1. The Morgan fingerprint density at radius 3 is 2.44 bits per heavy atom. The van der Waals surface area contributed by atoms with Gasteiger partial charge in [-0.1, -0.05) is 37.3 Å². The Bertz CT molecular complexity index is 314. The number of hydrogen-bond acceptors (Lipinski definition) is 3. The lowest BCUT2D eigenvalue weighted by Gasteiger charge is -2.20. The minimum absolute atomic E-state index is 0.163. The van der Waals surface area contributed by atoms with E-state index in [4.69, 9.17) is 4.74 Å². The zero-order valence-electron chi connectivity index (χ0n) is 11.6. The van der Waals surface area contributed by atoms with Crippen LogP contribution in [0.1, 0.15) is 38.8 Å². The molecule has 0 aromatic heterocycles. The molecule has 0 saturated heterocycles. The largest absolute Gasteiger partial charge is 0.389 e. The maximum absolute atomic E-state index is 9.80. The summed E-state index contributed by atoms with van der Waals surface area (Å²) < 4.78 is 5.39. The fourth-order valence-corrected chi connectivity index (χ4v) is 1.82. The van der Waals surface area contributed by atoms with Crippen molar-refractivity contribution in [3.05, 3.63) is 35.9 Å². The first kappa shape index (κ1) is 15.2. The summed E-state index contributed by atoms with van der Waals surface area (Å²) in [6.45, 7) is 7.02.